The lowest BCUT2D eigenvalue weighted by Crippen LogP contribution is -2.45. The average Bonchev–Trinajstić information content (AvgIpc) is 3.19. The molecule has 6 heteroatoms. The molecule has 1 atom stereocenters. The molecular weight excluding hydrogens is 478 g/mol. The second-order valence-electron chi connectivity index (χ2n) is 10.9. The largest absolute Gasteiger partial charge is 0.493 e. The molecule has 0 aromatic heterocycles. The first-order chi connectivity index (χ1) is 18.5. The Bertz CT molecular complexity index is 1080. The molecule has 1 heterocycles. The van der Waals surface area contributed by atoms with Gasteiger partial charge in [0.15, 0.2) is 17.1 Å². The average molecular weight is 522 g/mol. The van der Waals surface area contributed by atoms with Crippen LogP contribution >= 0.6 is 0 Å². The van der Waals surface area contributed by atoms with E-state index < -0.39 is 5.60 Å². The van der Waals surface area contributed by atoms with Gasteiger partial charge in [-0.1, -0.05) is 62.9 Å². The zero-order valence-electron chi connectivity index (χ0n) is 23.3. The third-order valence-electron chi connectivity index (χ3n) is 8.11. The summed E-state index contributed by atoms with van der Waals surface area (Å²) in [7, 11) is 3.16. The summed E-state index contributed by atoms with van der Waals surface area (Å²) in [6.45, 7) is 5.07. The van der Waals surface area contributed by atoms with Gasteiger partial charge < -0.3 is 14.2 Å². The Kier molecular flexibility index (Phi) is 9.84. The quantitative estimate of drug-likeness (QED) is 0.225. The highest BCUT2D eigenvalue weighted by molar-refractivity contribution is 6.08. The van der Waals surface area contributed by atoms with E-state index in [-0.39, 0.29) is 11.8 Å². The topological polar surface area (TPSA) is 65.1 Å². The zero-order chi connectivity index (χ0) is 27.0. The molecule has 4 rings (SSSR count). The molecule has 1 aliphatic heterocycles. The molecule has 2 aliphatic rings. The van der Waals surface area contributed by atoms with Crippen molar-refractivity contribution in [2.24, 2.45) is 5.92 Å². The van der Waals surface area contributed by atoms with Crippen LogP contribution < -0.4 is 9.47 Å². The molecule has 0 spiro atoms. The second kappa shape index (κ2) is 13.3. The van der Waals surface area contributed by atoms with Crippen LogP contribution in [-0.2, 0) is 22.5 Å². The van der Waals surface area contributed by atoms with Crippen molar-refractivity contribution in [3.63, 3.8) is 0 Å². The summed E-state index contributed by atoms with van der Waals surface area (Å²) in [4.78, 5) is 29.5. The van der Waals surface area contributed by atoms with E-state index in [9.17, 15) is 9.59 Å². The van der Waals surface area contributed by atoms with Gasteiger partial charge in [-0.15, -0.1) is 0 Å². The standard InChI is InChI=1S/C32H43NO5/c1-4-5-6-7-11-14-30(34)38-32(22-26-19-28(36-2)29(37-3)20-27(26)31(32)35)21-24-15-17-33(18-16-24)23-25-12-9-8-10-13-25/h8-10,12-13,19-20,24H,4-7,11,14-18,21-23H2,1-3H3. The Morgan fingerprint density at radius 3 is 2.34 bits per heavy atom. The molecule has 0 N–H and O–H groups in total. The minimum absolute atomic E-state index is 0.0977. The van der Waals surface area contributed by atoms with Crippen LogP contribution in [0, 0.1) is 5.92 Å². The molecule has 0 saturated carbocycles. The maximum atomic E-state index is 13.9. The number of methoxy groups -OCH3 is 2. The van der Waals surface area contributed by atoms with Crippen molar-refractivity contribution in [2.75, 3.05) is 27.3 Å². The maximum Gasteiger partial charge on any atom is 0.306 e. The van der Waals surface area contributed by atoms with Gasteiger partial charge in [-0.05, 0) is 68.0 Å². The summed E-state index contributed by atoms with van der Waals surface area (Å²) in [5.41, 5.74) is 1.62. The van der Waals surface area contributed by atoms with Gasteiger partial charge in [-0.3, -0.25) is 14.5 Å². The number of piperidine rings is 1. The number of likely N-dealkylation sites (tertiary alicyclic amines) is 1. The van der Waals surface area contributed by atoms with Crippen LogP contribution in [0.2, 0.25) is 0 Å². The van der Waals surface area contributed by atoms with Crippen LogP contribution in [0.1, 0.15) is 86.2 Å². The van der Waals surface area contributed by atoms with Gasteiger partial charge in [0.1, 0.15) is 0 Å². The second-order valence-corrected chi connectivity index (χ2v) is 10.9. The monoisotopic (exact) mass is 521 g/mol. The number of nitrogens with zero attached hydrogens (tertiary/aromatic N) is 1. The van der Waals surface area contributed by atoms with Crippen LogP contribution in [0.5, 0.6) is 11.5 Å². The van der Waals surface area contributed by atoms with E-state index in [1.165, 1.54) is 12.0 Å². The summed E-state index contributed by atoms with van der Waals surface area (Å²) in [5, 5.41) is 0. The fraction of sp³-hybridized carbons (Fsp3) is 0.562. The molecule has 0 bridgehead atoms. The number of rotatable bonds is 13. The molecule has 0 radical (unpaired) electrons. The number of ketones is 1. The van der Waals surface area contributed by atoms with Crippen molar-refractivity contribution in [3.8, 4) is 11.5 Å². The highest BCUT2D eigenvalue weighted by atomic mass is 16.6. The number of fused-ring (bicyclic) bond motifs is 1. The van der Waals surface area contributed by atoms with E-state index in [0.717, 1.165) is 63.7 Å². The number of ether oxygens (including phenoxy) is 3. The summed E-state index contributed by atoms with van der Waals surface area (Å²) >= 11 is 0. The molecule has 2 aromatic carbocycles. The summed E-state index contributed by atoms with van der Waals surface area (Å²) in [6, 6.07) is 14.2. The van der Waals surface area contributed by atoms with Crippen LogP contribution in [0.4, 0.5) is 0 Å². The highest BCUT2D eigenvalue weighted by Gasteiger charge is 2.50. The summed E-state index contributed by atoms with van der Waals surface area (Å²) in [6.07, 6.45) is 8.57. The molecule has 6 nitrogen and oxygen atoms in total. The number of carbonyl (C=O) groups is 2. The Balaban J connectivity index is 1.46. The normalized spacial score (nSPS) is 19.8. The van der Waals surface area contributed by atoms with Gasteiger partial charge in [-0.25, -0.2) is 0 Å². The van der Waals surface area contributed by atoms with E-state index in [4.69, 9.17) is 14.2 Å². The summed E-state index contributed by atoms with van der Waals surface area (Å²) in [5.74, 6) is 1.07. The lowest BCUT2D eigenvalue weighted by molar-refractivity contribution is -0.156. The van der Waals surface area contributed by atoms with E-state index >= 15 is 0 Å². The molecule has 2 aromatic rings. The van der Waals surface area contributed by atoms with Crippen molar-refractivity contribution in [1.29, 1.82) is 0 Å². The van der Waals surface area contributed by atoms with Crippen LogP contribution in [0.25, 0.3) is 0 Å². The van der Waals surface area contributed by atoms with E-state index in [0.29, 0.717) is 42.2 Å². The third kappa shape index (κ3) is 6.76. The van der Waals surface area contributed by atoms with Crippen molar-refractivity contribution in [3.05, 3.63) is 59.2 Å². The maximum absolute atomic E-state index is 13.9. The number of hydrogen-bond acceptors (Lipinski definition) is 6. The van der Waals surface area contributed by atoms with Gasteiger partial charge >= 0.3 is 5.97 Å². The number of benzene rings is 2. The SMILES string of the molecule is CCCCCCCC(=O)OC1(CC2CCN(Cc3ccccc3)CC2)Cc2cc(OC)c(OC)cc2C1=O. The van der Waals surface area contributed by atoms with Crippen molar-refractivity contribution in [2.45, 2.75) is 83.3 Å². The van der Waals surface area contributed by atoms with Crippen LogP contribution in [-0.4, -0.2) is 49.6 Å². The molecule has 38 heavy (non-hydrogen) atoms. The molecular formula is C32H43NO5. The lowest BCUT2D eigenvalue weighted by atomic mass is 9.82. The van der Waals surface area contributed by atoms with Crippen molar-refractivity contribution in [1.82, 2.24) is 4.90 Å². The Labute approximate surface area is 227 Å². The minimum atomic E-state index is -1.15. The highest BCUT2D eigenvalue weighted by Crippen LogP contribution is 2.44. The van der Waals surface area contributed by atoms with E-state index in [1.807, 2.05) is 12.1 Å². The zero-order valence-corrected chi connectivity index (χ0v) is 23.3. The first-order valence-corrected chi connectivity index (χ1v) is 14.3. The van der Waals surface area contributed by atoms with Gasteiger partial charge in [0.25, 0.3) is 0 Å². The number of Topliss-reactive ketones (excluding diaryl/α,β-unsaturated/α-hetero) is 1. The molecule has 206 valence electrons. The number of esters is 1. The number of hydrogen-bond donors (Lipinski definition) is 0. The lowest BCUT2D eigenvalue weighted by Gasteiger charge is -2.36. The fourth-order valence-corrected chi connectivity index (χ4v) is 6.00. The Hall–Kier alpha value is -2.86. The minimum Gasteiger partial charge on any atom is -0.493 e. The molecule has 0 amide bonds. The molecule has 1 unspecified atom stereocenters. The van der Waals surface area contributed by atoms with Crippen LogP contribution in [0.15, 0.2) is 42.5 Å². The van der Waals surface area contributed by atoms with Gasteiger partial charge in [0.05, 0.1) is 14.2 Å². The van der Waals surface area contributed by atoms with E-state index in [1.54, 1.807) is 20.3 Å². The molecule has 1 aliphatic carbocycles. The predicted octanol–water partition coefficient (Wildman–Crippen LogP) is 6.39. The predicted molar refractivity (Wildman–Crippen MR) is 149 cm³/mol. The van der Waals surface area contributed by atoms with E-state index in [2.05, 4.69) is 36.1 Å². The van der Waals surface area contributed by atoms with Crippen molar-refractivity contribution < 1.29 is 23.8 Å². The van der Waals surface area contributed by atoms with Gasteiger partial charge in [-0.2, -0.15) is 0 Å². The Morgan fingerprint density at radius 1 is 0.974 bits per heavy atom. The number of unbranched alkanes of at least 4 members (excludes halogenated alkanes) is 4. The first-order valence-electron chi connectivity index (χ1n) is 14.3. The fourth-order valence-electron chi connectivity index (χ4n) is 6.00. The van der Waals surface area contributed by atoms with Crippen molar-refractivity contribution >= 4 is 11.8 Å². The smallest absolute Gasteiger partial charge is 0.306 e. The van der Waals surface area contributed by atoms with Gasteiger partial charge in [0.2, 0.25) is 5.78 Å². The first kappa shape index (κ1) is 28.2. The Morgan fingerprint density at radius 2 is 1.66 bits per heavy atom. The third-order valence-corrected chi connectivity index (χ3v) is 8.11. The van der Waals surface area contributed by atoms with Gasteiger partial charge in [0, 0.05) is 24.9 Å². The van der Waals surface area contributed by atoms with Crippen LogP contribution in [0.3, 0.4) is 0 Å². The summed E-state index contributed by atoms with van der Waals surface area (Å²) < 4.78 is 17.1. The molecule has 1 fully saturated rings. The number of carbonyl (C=O) groups excluding carboxylic acids is 2. The molecule has 1 saturated heterocycles.